The molecule has 0 spiro atoms. The van der Waals surface area contributed by atoms with Crippen molar-refractivity contribution in [3.63, 3.8) is 0 Å². The molecule has 1 amide bonds. The average Bonchev–Trinajstić information content (AvgIpc) is 2.83. The molecule has 1 heterocycles. The van der Waals surface area contributed by atoms with Crippen molar-refractivity contribution in [2.24, 2.45) is 5.92 Å². The molecule has 3 heteroatoms. The number of carbonyl (C=O) groups is 1. The fourth-order valence-corrected chi connectivity index (χ4v) is 3.74. The van der Waals surface area contributed by atoms with Gasteiger partial charge in [-0.25, -0.2) is 0 Å². The molecule has 1 saturated carbocycles. The zero-order valence-electron chi connectivity index (χ0n) is 9.71. The van der Waals surface area contributed by atoms with Gasteiger partial charge in [-0.05, 0) is 52.2 Å². The molecule has 2 nitrogen and oxygen atoms in total. The van der Waals surface area contributed by atoms with E-state index in [-0.39, 0.29) is 5.91 Å². The highest BCUT2D eigenvalue weighted by Gasteiger charge is 2.33. The maximum absolute atomic E-state index is 11.8. The number of nitrogens with one attached hydrogen (secondary N) is 1. The maximum Gasteiger partial charge on any atom is 0.225 e. The van der Waals surface area contributed by atoms with Crippen LogP contribution in [-0.2, 0) is 4.79 Å². The number of anilines is 1. The van der Waals surface area contributed by atoms with E-state index in [2.05, 4.69) is 33.4 Å². The number of halogens is 1. The van der Waals surface area contributed by atoms with Crippen LogP contribution in [0.25, 0.3) is 0 Å². The highest BCUT2D eigenvalue weighted by Crippen LogP contribution is 2.45. The van der Waals surface area contributed by atoms with Gasteiger partial charge in [0.1, 0.15) is 0 Å². The molecule has 1 aromatic rings. The number of hydrogen-bond acceptors (Lipinski definition) is 1. The summed E-state index contributed by atoms with van der Waals surface area (Å²) >= 11 is 3.53. The van der Waals surface area contributed by atoms with Gasteiger partial charge >= 0.3 is 0 Å². The first-order valence-corrected chi connectivity index (χ1v) is 7.13. The molecular formula is C14H16BrNO. The summed E-state index contributed by atoms with van der Waals surface area (Å²) in [5.74, 6) is 1.30. The lowest BCUT2D eigenvalue weighted by Gasteiger charge is -2.30. The third kappa shape index (κ3) is 2.01. The Morgan fingerprint density at radius 2 is 2.00 bits per heavy atom. The fourth-order valence-electron chi connectivity index (χ4n) is 3.26. The SMILES string of the molecule is O=C1CC(C2CCCC2)c2cccc(Br)c2N1. The molecule has 1 unspecified atom stereocenters. The summed E-state index contributed by atoms with van der Waals surface area (Å²) < 4.78 is 1.01. The number of carbonyl (C=O) groups excluding carboxylic acids is 1. The summed E-state index contributed by atoms with van der Waals surface area (Å²) in [5, 5.41) is 3.00. The normalized spacial score (nSPS) is 24.5. The maximum atomic E-state index is 11.8. The van der Waals surface area contributed by atoms with Crippen molar-refractivity contribution in [3.8, 4) is 0 Å². The van der Waals surface area contributed by atoms with Crippen LogP contribution >= 0.6 is 15.9 Å². The van der Waals surface area contributed by atoms with Gasteiger partial charge < -0.3 is 5.32 Å². The van der Waals surface area contributed by atoms with E-state index in [1.807, 2.05) is 6.07 Å². The van der Waals surface area contributed by atoms with Crippen LogP contribution in [0.2, 0.25) is 0 Å². The predicted octanol–water partition coefficient (Wildman–Crippen LogP) is 4.07. The first-order valence-electron chi connectivity index (χ1n) is 6.34. The molecule has 0 radical (unpaired) electrons. The highest BCUT2D eigenvalue weighted by molar-refractivity contribution is 9.10. The second-order valence-electron chi connectivity index (χ2n) is 5.11. The Bertz CT molecular complexity index is 452. The summed E-state index contributed by atoms with van der Waals surface area (Å²) in [5.41, 5.74) is 2.33. The molecule has 1 N–H and O–H groups in total. The van der Waals surface area contributed by atoms with Gasteiger partial charge in [-0.2, -0.15) is 0 Å². The van der Waals surface area contributed by atoms with Crippen molar-refractivity contribution in [2.45, 2.75) is 38.0 Å². The summed E-state index contributed by atoms with van der Waals surface area (Å²) in [6.45, 7) is 0. The first kappa shape index (κ1) is 11.3. The van der Waals surface area contributed by atoms with Crippen LogP contribution in [0, 0.1) is 5.92 Å². The smallest absolute Gasteiger partial charge is 0.225 e. The number of hydrogen-bond donors (Lipinski definition) is 1. The molecule has 0 aromatic heterocycles. The Labute approximate surface area is 110 Å². The Morgan fingerprint density at radius 1 is 1.24 bits per heavy atom. The summed E-state index contributed by atoms with van der Waals surface area (Å²) in [6.07, 6.45) is 5.88. The first-order chi connectivity index (χ1) is 8.25. The van der Waals surface area contributed by atoms with Gasteiger partial charge in [0, 0.05) is 10.9 Å². The Hall–Kier alpha value is -0.830. The van der Waals surface area contributed by atoms with Gasteiger partial charge in [-0.1, -0.05) is 25.0 Å². The molecular weight excluding hydrogens is 278 g/mol. The van der Waals surface area contributed by atoms with E-state index in [9.17, 15) is 4.79 Å². The zero-order valence-corrected chi connectivity index (χ0v) is 11.3. The summed E-state index contributed by atoms with van der Waals surface area (Å²) in [7, 11) is 0. The van der Waals surface area contributed by atoms with Crippen molar-refractivity contribution in [3.05, 3.63) is 28.2 Å². The molecule has 1 aliphatic carbocycles. The minimum absolute atomic E-state index is 0.168. The van der Waals surface area contributed by atoms with Crippen LogP contribution in [0.3, 0.4) is 0 Å². The van der Waals surface area contributed by atoms with E-state index in [1.165, 1.54) is 31.2 Å². The molecule has 1 fully saturated rings. The number of amides is 1. The van der Waals surface area contributed by atoms with Crippen molar-refractivity contribution in [1.82, 2.24) is 0 Å². The minimum Gasteiger partial charge on any atom is -0.325 e. The van der Waals surface area contributed by atoms with Crippen LogP contribution in [0.5, 0.6) is 0 Å². The van der Waals surface area contributed by atoms with Crippen molar-refractivity contribution >= 4 is 27.5 Å². The summed E-state index contributed by atoms with van der Waals surface area (Å²) in [4.78, 5) is 11.8. The Balaban J connectivity index is 2.01. The highest BCUT2D eigenvalue weighted by atomic mass is 79.9. The monoisotopic (exact) mass is 293 g/mol. The predicted molar refractivity (Wildman–Crippen MR) is 72.1 cm³/mol. The number of rotatable bonds is 1. The molecule has 0 saturated heterocycles. The lowest BCUT2D eigenvalue weighted by Crippen LogP contribution is -2.26. The third-order valence-electron chi connectivity index (χ3n) is 4.08. The van der Waals surface area contributed by atoms with E-state index in [0.29, 0.717) is 18.3 Å². The second-order valence-corrected chi connectivity index (χ2v) is 5.96. The van der Waals surface area contributed by atoms with Gasteiger partial charge in [0.25, 0.3) is 0 Å². The van der Waals surface area contributed by atoms with Gasteiger partial charge in [0.2, 0.25) is 5.91 Å². The van der Waals surface area contributed by atoms with Gasteiger partial charge in [0.15, 0.2) is 0 Å². The molecule has 17 heavy (non-hydrogen) atoms. The number of fused-ring (bicyclic) bond motifs is 1. The molecule has 3 rings (SSSR count). The van der Waals surface area contributed by atoms with Crippen LogP contribution in [0.4, 0.5) is 5.69 Å². The van der Waals surface area contributed by atoms with Gasteiger partial charge in [-0.15, -0.1) is 0 Å². The number of benzene rings is 1. The van der Waals surface area contributed by atoms with E-state index < -0.39 is 0 Å². The van der Waals surface area contributed by atoms with E-state index in [4.69, 9.17) is 0 Å². The third-order valence-corrected chi connectivity index (χ3v) is 4.74. The number of para-hydroxylation sites is 1. The van der Waals surface area contributed by atoms with Crippen molar-refractivity contribution < 1.29 is 4.79 Å². The molecule has 90 valence electrons. The molecule has 1 atom stereocenters. The zero-order chi connectivity index (χ0) is 11.8. The molecule has 0 bridgehead atoms. The Kier molecular flexibility index (Phi) is 2.95. The largest absolute Gasteiger partial charge is 0.325 e. The minimum atomic E-state index is 0.168. The fraction of sp³-hybridized carbons (Fsp3) is 0.500. The van der Waals surface area contributed by atoms with E-state index in [1.54, 1.807) is 0 Å². The van der Waals surface area contributed by atoms with Crippen LogP contribution in [-0.4, -0.2) is 5.91 Å². The standard InChI is InChI=1S/C14H16BrNO/c15-12-7-3-6-10-11(9-4-1-2-5-9)8-13(17)16-14(10)12/h3,6-7,9,11H,1-2,4-5,8H2,(H,16,17). The molecule has 1 aromatic carbocycles. The molecule has 2 aliphatic rings. The second kappa shape index (κ2) is 4.45. The average molecular weight is 294 g/mol. The quantitative estimate of drug-likeness (QED) is 0.831. The Morgan fingerprint density at radius 3 is 2.76 bits per heavy atom. The van der Waals surface area contributed by atoms with E-state index in [0.717, 1.165) is 10.2 Å². The van der Waals surface area contributed by atoms with E-state index >= 15 is 0 Å². The summed E-state index contributed by atoms with van der Waals surface area (Å²) in [6, 6.07) is 6.24. The van der Waals surface area contributed by atoms with Gasteiger partial charge in [0.05, 0.1) is 5.69 Å². The van der Waals surface area contributed by atoms with Crippen molar-refractivity contribution in [1.29, 1.82) is 0 Å². The topological polar surface area (TPSA) is 29.1 Å². The van der Waals surface area contributed by atoms with Gasteiger partial charge in [-0.3, -0.25) is 4.79 Å². The van der Waals surface area contributed by atoms with Crippen LogP contribution < -0.4 is 5.32 Å². The molecule has 1 aliphatic heterocycles. The van der Waals surface area contributed by atoms with Crippen molar-refractivity contribution in [2.75, 3.05) is 5.32 Å². The van der Waals surface area contributed by atoms with Crippen LogP contribution in [0.15, 0.2) is 22.7 Å². The lowest BCUT2D eigenvalue weighted by molar-refractivity contribution is -0.117. The lowest BCUT2D eigenvalue weighted by atomic mass is 9.80. The van der Waals surface area contributed by atoms with Crippen LogP contribution in [0.1, 0.15) is 43.6 Å².